The minimum Gasteiger partial charge on any atom is -0.481 e. The largest absolute Gasteiger partial charge is 0.481 e. The van der Waals surface area contributed by atoms with E-state index in [4.69, 9.17) is 16.3 Å². The second-order valence-electron chi connectivity index (χ2n) is 6.86. The topological polar surface area (TPSA) is 58.6 Å². The third kappa shape index (κ3) is 6.75. The van der Waals surface area contributed by atoms with E-state index in [9.17, 15) is 14.0 Å². The zero-order chi connectivity index (χ0) is 21.4. The highest BCUT2D eigenvalue weighted by Gasteiger charge is 2.27. The van der Waals surface area contributed by atoms with Crippen LogP contribution in [0.25, 0.3) is 0 Å². The fourth-order valence-corrected chi connectivity index (χ4v) is 2.88. The van der Waals surface area contributed by atoms with Crippen LogP contribution in [0.4, 0.5) is 4.39 Å². The Morgan fingerprint density at radius 2 is 1.90 bits per heavy atom. The predicted molar refractivity (Wildman–Crippen MR) is 111 cm³/mol. The molecule has 7 heteroatoms. The Kier molecular flexibility index (Phi) is 8.46. The van der Waals surface area contributed by atoms with E-state index >= 15 is 0 Å². The monoisotopic (exact) mass is 420 g/mol. The lowest BCUT2D eigenvalue weighted by Crippen LogP contribution is -2.50. The van der Waals surface area contributed by atoms with Gasteiger partial charge >= 0.3 is 0 Å². The molecule has 2 atom stereocenters. The molecule has 0 aliphatic heterocycles. The molecule has 0 radical (unpaired) electrons. The van der Waals surface area contributed by atoms with Crippen LogP contribution in [0.5, 0.6) is 5.75 Å². The summed E-state index contributed by atoms with van der Waals surface area (Å²) in [5.41, 5.74) is 0.778. The summed E-state index contributed by atoms with van der Waals surface area (Å²) >= 11 is 6.05. The maximum absolute atomic E-state index is 13.8. The van der Waals surface area contributed by atoms with Crippen molar-refractivity contribution in [3.05, 3.63) is 64.9 Å². The fraction of sp³-hybridized carbons (Fsp3) is 0.364. The molecule has 0 aromatic heterocycles. The summed E-state index contributed by atoms with van der Waals surface area (Å²) in [7, 11) is 0. The van der Waals surface area contributed by atoms with Gasteiger partial charge in [0.1, 0.15) is 6.04 Å². The Hall–Kier alpha value is -2.60. The number of amides is 2. The molecular weight excluding hydrogens is 395 g/mol. The summed E-state index contributed by atoms with van der Waals surface area (Å²) in [5.74, 6) is -1.26. The number of carbonyl (C=O) groups excluding carboxylic acids is 2. The maximum atomic E-state index is 13.8. The lowest BCUT2D eigenvalue weighted by molar-refractivity contribution is -0.142. The van der Waals surface area contributed by atoms with Gasteiger partial charge in [-0.15, -0.1) is 0 Å². The van der Waals surface area contributed by atoms with Crippen molar-refractivity contribution in [1.29, 1.82) is 0 Å². The van der Waals surface area contributed by atoms with E-state index in [1.807, 2.05) is 19.9 Å². The first-order chi connectivity index (χ1) is 13.8. The third-order valence-electron chi connectivity index (χ3n) is 4.60. The van der Waals surface area contributed by atoms with E-state index in [0.29, 0.717) is 5.02 Å². The van der Waals surface area contributed by atoms with Crippen molar-refractivity contribution >= 4 is 23.4 Å². The number of nitrogens with zero attached hydrogens (tertiary/aromatic N) is 1. The molecule has 2 aromatic rings. The van der Waals surface area contributed by atoms with Crippen molar-refractivity contribution in [3.8, 4) is 5.75 Å². The molecule has 5 nitrogen and oxygen atoms in total. The highest BCUT2D eigenvalue weighted by atomic mass is 35.5. The number of para-hydroxylation sites is 1. The minimum atomic E-state index is -0.736. The van der Waals surface area contributed by atoms with E-state index in [-0.39, 0.29) is 30.9 Å². The smallest absolute Gasteiger partial charge is 0.261 e. The first-order valence-electron chi connectivity index (χ1n) is 9.53. The molecular formula is C22H26ClFN2O3. The molecule has 2 amide bonds. The molecule has 0 fully saturated rings. The van der Waals surface area contributed by atoms with Crippen molar-refractivity contribution in [2.24, 2.45) is 0 Å². The number of hydrogen-bond donors (Lipinski definition) is 1. The molecule has 0 heterocycles. The van der Waals surface area contributed by atoms with Crippen LogP contribution in [-0.4, -0.2) is 35.4 Å². The Morgan fingerprint density at radius 3 is 2.55 bits per heavy atom. The lowest BCUT2D eigenvalue weighted by atomic mass is 10.1. The number of rotatable bonds is 9. The van der Waals surface area contributed by atoms with Crippen LogP contribution in [0, 0.1) is 5.82 Å². The highest BCUT2D eigenvalue weighted by molar-refractivity contribution is 6.30. The number of benzene rings is 2. The number of halogens is 2. The molecule has 2 aromatic carbocycles. The molecule has 29 heavy (non-hydrogen) atoms. The van der Waals surface area contributed by atoms with Gasteiger partial charge in [0.2, 0.25) is 5.91 Å². The second-order valence-corrected chi connectivity index (χ2v) is 7.30. The van der Waals surface area contributed by atoms with Gasteiger partial charge in [0.15, 0.2) is 18.2 Å². The summed E-state index contributed by atoms with van der Waals surface area (Å²) in [6, 6.07) is 12.2. The van der Waals surface area contributed by atoms with Crippen LogP contribution in [0.1, 0.15) is 32.8 Å². The van der Waals surface area contributed by atoms with Gasteiger partial charge in [-0.25, -0.2) is 4.39 Å². The van der Waals surface area contributed by atoms with Gasteiger partial charge in [-0.1, -0.05) is 42.8 Å². The molecule has 0 spiro atoms. The Morgan fingerprint density at radius 1 is 1.17 bits per heavy atom. The van der Waals surface area contributed by atoms with E-state index in [1.54, 1.807) is 31.2 Å². The molecule has 2 rings (SSSR count). The molecule has 0 aliphatic rings. The quantitative estimate of drug-likeness (QED) is 0.661. The average molecular weight is 421 g/mol. The molecule has 0 saturated heterocycles. The lowest BCUT2D eigenvalue weighted by Gasteiger charge is -2.29. The van der Waals surface area contributed by atoms with E-state index in [2.05, 4.69) is 5.32 Å². The van der Waals surface area contributed by atoms with Gasteiger partial charge in [0, 0.05) is 17.6 Å². The van der Waals surface area contributed by atoms with Crippen LogP contribution in [0.3, 0.4) is 0 Å². The van der Waals surface area contributed by atoms with Crippen LogP contribution in [-0.2, 0) is 16.1 Å². The van der Waals surface area contributed by atoms with Crippen molar-refractivity contribution < 1.29 is 18.7 Å². The highest BCUT2D eigenvalue weighted by Crippen LogP contribution is 2.17. The fourth-order valence-electron chi connectivity index (χ4n) is 2.66. The van der Waals surface area contributed by atoms with Gasteiger partial charge in [0.05, 0.1) is 0 Å². The molecule has 0 saturated carbocycles. The molecule has 0 unspecified atom stereocenters. The van der Waals surface area contributed by atoms with Crippen LogP contribution < -0.4 is 10.1 Å². The Bertz CT molecular complexity index is 846. The predicted octanol–water partition coefficient (Wildman–Crippen LogP) is 4.19. The van der Waals surface area contributed by atoms with Gasteiger partial charge < -0.3 is 15.0 Å². The van der Waals surface area contributed by atoms with Gasteiger partial charge in [-0.05, 0) is 50.1 Å². The summed E-state index contributed by atoms with van der Waals surface area (Å²) < 4.78 is 19.1. The number of nitrogens with one attached hydrogen (secondary N) is 1. The average Bonchev–Trinajstić information content (AvgIpc) is 2.70. The third-order valence-corrected chi connectivity index (χ3v) is 4.83. The first-order valence-corrected chi connectivity index (χ1v) is 9.91. The van der Waals surface area contributed by atoms with Crippen molar-refractivity contribution in [2.75, 3.05) is 6.61 Å². The first kappa shape index (κ1) is 22.7. The summed E-state index contributed by atoms with van der Waals surface area (Å²) in [5, 5.41) is 3.42. The molecule has 156 valence electrons. The summed E-state index contributed by atoms with van der Waals surface area (Å²) in [6.45, 7) is 5.31. The van der Waals surface area contributed by atoms with Crippen molar-refractivity contribution in [3.63, 3.8) is 0 Å². The van der Waals surface area contributed by atoms with Crippen LogP contribution >= 0.6 is 11.6 Å². The van der Waals surface area contributed by atoms with Gasteiger partial charge in [-0.2, -0.15) is 0 Å². The maximum Gasteiger partial charge on any atom is 0.261 e. The van der Waals surface area contributed by atoms with Crippen LogP contribution in [0.15, 0.2) is 48.5 Å². The second kappa shape index (κ2) is 10.8. The van der Waals surface area contributed by atoms with E-state index < -0.39 is 17.8 Å². The Labute approximate surface area is 175 Å². The van der Waals surface area contributed by atoms with E-state index in [1.165, 1.54) is 23.1 Å². The van der Waals surface area contributed by atoms with Gasteiger partial charge in [-0.3, -0.25) is 9.59 Å². The SMILES string of the molecule is CC[C@H](C)NC(=O)[C@@H](C)N(Cc1cccc(Cl)c1)C(=O)COc1ccccc1F. The summed E-state index contributed by atoms with van der Waals surface area (Å²) in [6.07, 6.45) is 0.775. The van der Waals surface area contributed by atoms with Crippen LogP contribution in [0.2, 0.25) is 5.02 Å². The molecule has 0 aliphatic carbocycles. The van der Waals surface area contributed by atoms with Crippen molar-refractivity contribution in [2.45, 2.75) is 45.8 Å². The standard InChI is InChI=1S/C22H26ClFN2O3/c1-4-15(2)25-22(28)16(3)26(13-17-8-7-9-18(23)12-17)21(27)14-29-20-11-6-5-10-19(20)24/h5-12,15-16H,4,13-14H2,1-3H3,(H,25,28)/t15-,16+/m0/s1. The van der Waals surface area contributed by atoms with Gasteiger partial charge in [0.25, 0.3) is 5.91 Å². The molecule has 0 bridgehead atoms. The zero-order valence-electron chi connectivity index (χ0n) is 16.8. The number of carbonyl (C=O) groups is 2. The normalized spacial score (nSPS) is 12.7. The number of ether oxygens (including phenoxy) is 1. The Balaban J connectivity index is 2.17. The zero-order valence-corrected chi connectivity index (χ0v) is 17.6. The summed E-state index contributed by atoms with van der Waals surface area (Å²) in [4.78, 5) is 26.9. The van der Waals surface area contributed by atoms with E-state index in [0.717, 1.165) is 12.0 Å². The van der Waals surface area contributed by atoms with Crippen molar-refractivity contribution in [1.82, 2.24) is 10.2 Å². The number of hydrogen-bond acceptors (Lipinski definition) is 3. The molecule has 1 N–H and O–H groups in total. The minimum absolute atomic E-state index is 0.0114.